The third-order valence-electron chi connectivity index (χ3n) is 4.30. The molecule has 0 radical (unpaired) electrons. The molecule has 0 saturated heterocycles. The van der Waals surface area contributed by atoms with Crippen LogP contribution < -0.4 is 10.5 Å². The van der Waals surface area contributed by atoms with Gasteiger partial charge in [-0.05, 0) is 29.6 Å². The number of thiazole rings is 1. The first kappa shape index (κ1) is 20.4. The van der Waals surface area contributed by atoms with Gasteiger partial charge in [0.05, 0.1) is 12.8 Å². The van der Waals surface area contributed by atoms with Gasteiger partial charge in [-0.1, -0.05) is 17.2 Å². The molecule has 2 aromatic carbocycles. The van der Waals surface area contributed by atoms with Crippen LogP contribution in [0.25, 0.3) is 10.4 Å². The van der Waals surface area contributed by atoms with Crippen molar-refractivity contribution in [2.45, 2.75) is 12.3 Å². The van der Waals surface area contributed by atoms with E-state index in [1.54, 1.807) is 29.6 Å². The molecule has 0 aliphatic heterocycles. The van der Waals surface area contributed by atoms with E-state index >= 15 is 0 Å². The Morgan fingerprint density at radius 3 is 2.24 bits per heavy atom. The molecule has 29 heavy (non-hydrogen) atoms. The van der Waals surface area contributed by atoms with Gasteiger partial charge in [0.2, 0.25) is 0 Å². The molecule has 2 N–H and O–H groups in total. The van der Waals surface area contributed by atoms with Crippen LogP contribution in [0.3, 0.4) is 0 Å². The highest BCUT2D eigenvalue weighted by Gasteiger charge is 2.28. The number of anilines is 1. The quantitative estimate of drug-likeness (QED) is 0.184. The normalized spacial score (nSPS) is 11.8. The Labute approximate surface area is 166 Å². The molecule has 1 atom stereocenters. The summed E-state index contributed by atoms with van der Waals surface area (Å²) < 4.78 is 62.4. The predicted molar refractivity (Wildman–Crippen MR) is 100 cm³/mol. The van der Waals surface area contributed by atoms with Crippen molar-refractivity contribution in [2.24, 2.45) is 5.11 Å². The number of nitrogens with two attached hydrogens (primary N) is 1. The van der Waals surface area contributed by atoms with E-state index in [0.717, 1.165) is 11.3 Å². The van der Waals surface area contributed by atoms with Crippen LogP contribution in [0, 0.1) is 23.3 Å². The maximum atomic E-state index is 14.5. The van der Waals surface area contributed by atoms with Crippen molar-refractivity contribution >= 4 is 22.2 Å². The molecule has 3 aromatic rings. The fourth-order valence-electron chi connectivity index (χ4n) is 2.87. The van der Waals surface area contributed by atoms with Crippen LogP contribution in [0.1, 0.15) is 22.7 Å². The highest BCUT2D eigenvalue weighted by Crippen LogP contribution is 2.36. The van der Waals surface area contributed by atoms with Crippen LogP contribution in [0.2, 0.25) is 0 Å². The van der Waals surface area contributed by atoms with Crippen LogP contribution in [0.15, 0.2) is 34.8 Å². The van der Waals surface area contributed by atoms with Gasteiger partial charge in [-0.3, -0.25) is 0 Å². The molecule has 150 valence electrons. The number of aromatic nitrogens is 1. The number of methoxy groups -OCH3 is 1. The van der Waals surface area contributed by atoms with Gasteiger partial charge >= 0.3 is 0 Å². The second kappa shape index (κ2) is 8.38. The van der Waals surface area contributed by atoms with Crippen molar-refractivity contribution in [1.29, 1.82) is 0 Å². The number of nitrogens with zero attached hydrogens (tertiary/aromatic N) is 4. The van der Waals surface area contributed by atoms with E-state index < -0.39 is 46.9 Å². The molecule has 0 spiro atoms. The molecule has 1 aromatic heterocycles. The SMILES string of the molecule is COc1ccc(C(Cc2c(F)c(F)c(N=[N+]=[N-])c(F)c2F)c2csc(N)n2)cc1. The van der Waals surface area contributed by atoms with E-state index in [0.29, 0.717) is 17.0 Å². The minimum atomic E-state index is -1.76. The molecule has 1 heterocycles. The lowest BCUT2D eigenvalue weighted by atomic mass is 9.89. The molecule has 11 heteroatoms. The first-order chi connectivity index (χ1) is 13.9. The first-order valence-electron chi connectivity index (χ1n) is 8.12. The van der Waals surface area contributed by atoms with E-state index in [1.807, 2.05) is 0 Å². The summed E-state index contributed by atoms with van der Waals surface area (Å²) >= 11 is 1.12. The van der Waals surface area contributed by atoms with Crippen molar-refractivity contribution < 1.29 is 22.3 Å². The van der Waals surface area contributed by atoms with Gasteiger partial charge < -0.3 is 10.5 Å². The van der Waals surface area contributed by atoms with Crippen molar-refractivity contribution in [3.63, 3.8) is 0 Å². The van der Waals surface area contributed by atoms with Crippen molar-refractivity contribution in [3.05, 3.63) is 80.2 Å². The molecule has 6 nitrogen and oxygen atoms in total. The summed E-state index contributed by atoms with van der Waals surface area (Å²) in [5.41, 5.74) is 12.8. The van der Waals surface area contributed by atoms with Crippen molar-refractivity contribution in [2.75, 3.05) is 12.8 Å². The fourth-order valence-corrected chi connectivity index (χ4v) is 3.49. The second-order valence-electron chi connectivity index (χ2n) is 5.91. The molecular formula is C18H13F4N5OS. The largest absolute Gasteiger partial charge is 0.497 e. The molecule has 0 amide bonds. The molecule has 0 bridgehead atoms. The summed E-state index contributed by atoms with van der Waals surface area (Å²) in [6, 6.07) is 6.57. The van der Waals surface area contributed by atoms with E-state index in [2.05, 4.69) is 15.0 Å². The average Bonchev–Trinajstić information content (AvgIpc) is 3.16. The third-order valence-corrected chi connectivity index (χ3v) is 4.99. The van der Waals surface area contributed by atoms with Gasteiger partial charge in [0.1, 0.15) is 11.4 Å². The molecular weight excluding hydrogens is 410 g/mol. The number of hydrogen-bond acceptors (Lipinski definition) is 5. The van der Waals surface area contributed by atoms with Crippen LogP contribution in [0.4, 0.5) is 28.4 Å². The first-order valence-corrected chi connectivity index (χ1v) is 9.00. The van der Waals surface area contributed by atoms with Crippen molar-refractivity contribution in [1.82, 2.24) is 4.98 Å². The van der Waals surface area contributed by atoms with E-state index in [-0.39, 0.29) is 5.13 Å². The zero-order valence-electron chi connectivity index (χ0n) is 14.9. The second-order valence-corrected chi connectivity index (χ2v) is 6.80. The molecule has 0 aliphatic rings. The number of nitrogen functional groups attached to an aromatic ring is 1. The van der Waals surface area contributed by atoms with Gasteiger partial charge in [-0.2, -0.15) is 0 Å². The molecule has 3 rings (SSSR count). The smallest absolute Gasteiger partial charge is 0.180 e. The monoisotopic (exact) mass is 423 g/mol. The zero-order chi connectivity index (χ0) is 21.1. The summed E-state index contributed by atoms with van der Waals surface area (Å²) in [6.07, 6.45) is -0.447. The number of azide groups is 1. The highest BCUT2D eigenvalue weighted by molar-refractivity contribution is 7.13. The minimum Gasteiger partial charge on any atom is -0.497 e. The summed E-state index contributed by atoms with van der Waals surface area (Å²) in [5, 5.41) is 4.53. The molecule has 1 unspecified atom stereocenters. The summed E-state index contributed by atoms with van der Waals surface area (Å²) in [7, 11) is 1.48. The Morgan fingerprint density at radius 1 is 1.14 bits per heavy atom. The number of halogens is 4. The topological polar surface area (TPSA) is 96.9 Å². The lowest BCUT2D eigenvalue weighted by Gasteiger charge is -2.18. The maximum Gasteiger partial charge on any atom is 0.180 e. The van der Waals surface area contributed by atoms with Gasteiger partial charge in [0, 0.05) is 21.8 Å². The summed E-state index contributed by atoms with van der Waals surface area (Å²) in [4.78, 5) is 6.34. The average molecular weight is 423 g/mol. The lowest BCUT2D eigenvalue weighted by Crippen LogP contribution is -2.11. The Hall–Kier alpha value is -3.30. The molecule has 0 aliphatic carbocycles. The Bertz CT molecular complexity index is 1070. The van der Waals surface area contributed by atoms with Gasteiger partial charge in [-0.25, -0.2) is 22.5 Å². The Balaban J connectivity index is 2.12. The number of ether oxygens (including phenoxy) is 1. The van der Waals surface area contributed by atoms with Crippen LogP contribution in [-0.4, -0.2) is 12.1 Å². The summed E-state index contributed by atoms with van der Waals surface area (Å²) in [6.45, 7) is 0. The Morgan fingerprint density at radius 2 is 1.76 bits per heavy atom. The Kier molecular flexibility index (Phi) is 5.90. The van der Waals surface area contributed by atoms with Crippen LogP contribution >= 0.6 is 11.3 Å². The fraction of sp³-hybridized carbons (Fsp3) is 0.167. The number of hydrogen-bond donors (Lipinski definition) is 1. The summed E-state index contributed by atoms with van der Waals surface area (Å²) in [5.74, 6) is -6.98. The standard InChI is InChI=1S/C18H13F4N5OS/c1-28-9-4-2-8(3-5-9)10(12-7-29-18(23)25-12)6-11-13(19)15(21)17(26-27-24)16(22)14(11)20/h2-5,7,10H,6H2,1H3,(H2,23,25). The van der Waals surface area contributed by atoms with Gasteiger partial charge in [-0.15, -0.1) is 11.3 Å². The number of benzene rings is 2. The molecule has 0 saturated carbocycles. The molecule has 0 fully saturated rings. The highest BCUT2D eigenvalue weighted by atomic mass is 32.1. The van der Waals surface area contributed by atoms with E-state index in [9.17, 15) is 17.6 Å². The van der Waals surface area contributed by atoms with Gasteiger partial charge in [0.25, 0.3) is 0 Å². The minimum absolute atomic E-state index is 0.232. The maximum absolute atomic E-state index is 14.5. The number of rotatable bonds is 6. The van der Waals surface area contributed by atoms with Crippen molar-refractivity contribution in [3.8, 4) is 5.75 Å². The predicted octanol–water partition coefficient (Wildman–Crippen LogP) is 5.61. The van der Waals surface area contributed by atoms with Crippen LogP contribution in [-0.2, 0) is 6.42 Å². The van der Waals surface area contributed by atoms with Gasteiger partial charge in [0.15, 0.2) is 28.4 Å². The lowest BCUT2D eigenvalue weighted by molar-refractivity contribution is 0.414. The van der Waals surface area contributed by atoms with E-state index in [1.165, 1.54) is 7.11 Å². The van der Waals surface area contributed by atoms with E-state index in [4.69, 9.17) is 16.0 Å². The van der Waals surface area contributed by atoms with Crippen LogP contribution in [0.5, 0.6) is 5.75 Å². The third kappa shape index (κ3) is 3.96. The zero-order valence-corrected chi connectivity index (χ0v) is 15.7.